The maximum atomic E-state index is 11.4. The summed E-state index contributed by atoms with van der Waals surface area (Å²) in [5, 5.41) is 1.90. The van der Waals surface area contributed by atoms with Gasteiger partial charge in [0.05, 0.1) is 0 Å². The van der Waals surface area contributed by atoms with Gasteiger partial charge in [0.25, 0.3) is 10.0 Å². The van der Waals surface area contributed by atoms with Crippen LogP contribution in [0.4, 0.5) is 0 Å². The summed E-state index contributed by atoms with van der Waals surface area (Å²) in [7, 11) is -2.05. The molecule has 0 saturated heterocycles. The van der Waals surface area contributed by atoms with Crippen LogP contribution < -0.4 is 4.72 Å². The van der Waals surface area contributed by atoms with Gasteiger partial charge >= 0.3 is 0 Å². The van der Waals surface area contributed by atoms with Gasteiger partial charge in [-0.25, -0.2) is 18.1 Å². The van der Waals surface area contributed by atoms with E-state index < -0.39 is 10.0 Å². The Balaban J connectivity index is 2.75. The fourth-order valence-electron chi connectivity index (χ4n) is 0.992. The highest BCUT2D eigenvalue weighted by molar-refractivity contribution is 7.89. The van der Waals surface area contributed by atoms with E-state index in [-0.39, 0.29) is 5.03 Å². The monoisotopic (exact) mass is 217 g/mol. The van der Waals surface area contributed by atoms with Gasteiger partial charge < -0.3 is 0 Å². The van der Waals surface area contributed by atoms with Crippen molar-refractivity contribution in [3.63, 3.8) is 0 Å². The van der Waals surface area contributed by atoms with Crippen LogP contribution in [0.25, 0.3) is 4.83 Å². The third-order valence-electron chi connectivity index (χ3n) is 1.64. The Labute approximate surface area is 79.1 Å². The standard InChI is InChI=1S/C6H7N3O2S2/c1-7-13(10,11)5-6-9(4-8-5)2-3-12-6/h2-4,7H,1H3. The molecule has 0 bridgehead atoms. The Morgan fingerprint density at radius 2 is 2.38 bits per heavy atom. The summed E-state index contributed by atoms with van der Waals surface area (Å²) < 4.78 is 26.7. The lowest BCUT2D eigenvalue weighted by Gasteiger charge is -1.95. The molecule has 0 spiro atoms. The second kappa shape index (κ2) is 2.79. The number of sulfonamides is 1. The van der Waals surface area contributed by atoms with Crippen LogP contribution in [0.3, 0.4) is 0 Å². The zero-order valence-electron chi connectivity index (χ0n) is 6.76. The van der Waals surface area contributed by atoms with Crippen molar-refractivity contribution in [1.82, 2.24) is 14.1 Å². The van der Waals surface area contributed by atoms with Crippen molar-refractivity contribution < 1.29 is 8.42 Å². The first kappa shape index (κ1) is 8.67. The van der Waals surface area contributed by atoms with E-state index in [2.05, 4.69) is 9.71 Å². The third kappa shape index (κ3) is 1.25. The summed E-state index contributed by atoms with van der Waals surface area (Å²) in [5.41, 5.74) is 0. The van der Waals surface area contributed by atoms with E-state index in [4.69, 9.17) is 0 Å². The third-order valence-corrected chi connectivity index (χ3v) is 4.00. The summed E-state index contributed by atoms with van der Waals surface area (Å²) in [4.78, 5) is 4.45. The first-order chi connectivity index (χ1) is 6.15. The van der Waals surface area contributed by atoms with Gasteiger partial charge in [-0.1, -0.05) is 0 Å². The quantitative estimate of drug-likeness (QED) is 0.787. The Hall–Kier alpha value is -0.920. The first-order valence-corrected chi connectivity index (χ1v) is 5.85. The number of rotatable bonds is 2. The predicted octanol–water partition coefficient (Wildman–Crippen LogP) is 0.304. The molecule has 0 radical (unpaired) electrons. The SMILES string of the molecule is CNS(=O)(=O)c1ncn2ccsc12. The maximum absolute atomic E-state index is 11.4. The molecule has 2 aromatic heterocycles. The number of thiazole rings is 1. The second-order valence-corrected chi connectivity index (χ2v) is 5.07. The molecule has 70 valence electrons. The molecule has 0 amide bonds. The number of nitrogens with one attached hydrogen (secondary N) is 1. The molecule has 2 aromatic rings. The van der Waals surface area contributed by atoms with Gasteiger partial charge in [-0.15, -0.1) is 11.3 Å². The minimum atomic E-state index is -3.42. The van der Waals surface area contributed by atoms with Gasteiger partial charge in [0.15, 0.2) is 0 Å². The van der Waals surface area contributed by atoms with Crippen LogP contribution in [0.5, 0.6) is 0 Å². The highest BCUT2D eigenvalue weighted by atomic mass is 32.2. The van der Waals surface area contributed by atoms with Crippen molar-refractivity contribution in [3.05, 3.63) is 17.9 Å². The van der Waals surface area contributed by atoms with Crippen LogP contribution in [-0.4, -0.2) is 24.9 Å². The molecule has 2 rings (SSSR count). The number of hydrogen-bond acceptors (Lipinski definition) is 4. The Morgan fingerprint density at radius 1 is 1.62 bits per heavy atom. The van der Waals surface area contributed by atoms with Crippen molar-refractivity contribution >= 4 is 26.2 Å². The molecule has 5 nitrogen and oxygen atoms in total. The first-order valence-electron chi connectivity index (χ1n) is 3.49. The van der Waals surface area contributed by atoms with Gasteiger partial charge in [0.2, 0.25) is 5.03 Å². The lowest BCUT2D eigenvalue weighted by atomic mass is 10.9. The fourth-order valence-corrected chi connectivity index (χ4v) is 2.88. The molecular weight excluding hydrogens is 210 g/mol. The van der Waals surface area contributed by atoms with Crippen LogP contribution >= 0.6 is 11.3 Å². The minimum absolute atomic E-state index is 0.0880. The van der Waals surface area contributed by atoms with Gasteiger partial charge in [-0.05, 0) is 7.05 Å². The molecule has 0 saturated carbocycles. The number of aromatic nitrogens is 2. The van der Waals surface area contributed by atoms with Gasteiger partial charge in [-0.3, -0.25) is 4.40 Å². The molecule has 1 N–H and O–H groups in total. The molecular formula is C6H7N3O2S2. The van der Waals surface area contributed by atoms with E-state index >= 15 is 0 Å². The highest BCUT2D eigenvalue weighted by Crippen LogP contribution is 2.19. The summed E-state index contributed by atoms with van der Waals surface area (Å²) >= 11 is 1.34. The number of fused-ring (bicyclic) bond motifs is 1. The Morgan fingerprint density at radius 3 is 3.08 bits per heavy atom. The summed E-state index contributed by atoms with van der Waals surface area (Å²) in [6.07, 6.45) is 3.25. The molecule has 2 heterocycles. The van der Waals surface area contributed by atoms with E-state index in [0.717, 1.165) is 0 Å². The number of hydrogen-bond donors (Lipinski definition) is 1. The number of imidazole rings is 1. The normalized spacial score (nSPS) is 12.4. The van der Waals surface area contributed by atoms with E-state index in [0.29, 0.717) is 4.83 Å². The predicted molar refractivity (Wildman–Crippen MR) is 49.3 cm³/mol. The van der Waals surface area contributed by atoms with E-state index in [1.807, 2.05) is 5.38 Å². The Kier molecular flexibility index (Phi) is 1.86. The van der Waals surface area contributed by atoms with E-state index in [9.17, 15) is 8.42 Å². The lowest BCUT2D eigenvalue weighted by molar-refractivity contribution is 0.586. The van der Waals surface area contributed by atoms with Crippen molar-refractivity contribution in [3.8, 4) is 0 Å². The molecule has 7 heteroatoms. The molecule has 13 heavy (non-hydrogen) atoms. The Bertz CT molecular complexity index is 525. The van der Waals surface area contributed by atoms with E-state index in [1.54, 1.807) is 10.6 Å². The fraction of sp³-hybridized carbons (Fsp3) is 0.167. The van der Waals surface area contributed by atoms with Crippen LogP contribution in [0, 0.1) is 0 Å². The van der Waals surface area contributed by atoms with Crippen molar-refractivity contribution in [2.75, 3.05) is 7.05 Å². The van der Waals surface area contributed by atoms with Crippen LogP contribution in [0.15, 0.2) is 22.9 Å². The van der Waals surface area contributed by atoms with Crippen molar-refractivity contribution in [2.45, 2.75) is 5.03 Å². The molecule has 0 atom stereocenters. The average molecular weight is 217 g/mol. The van der Waals surface area contributed by atoms with Crippen LogP contribution in [0.1, 0.15) is 0 Å². The van der Waals surface area contributed by atoms with Crippen LogP contribution in [-0.2, 0) is 10.0 Å². The van der Waals surface area contributed by atoms with E-state index in [1.165, 1.54) is 24.7 Å². The smallest absolute Gasteiger partial charge is 0.260 e. The number of nitrogens with zero attached hydrogens (tertiary/aromatic N) is 2. The highest BCUT2D eigenvalue weighted by Gasteiger charge is 2.18. The van der Waals surface area contributed by atoms with Crippen LogP contribution in [0.2, 0.25) is 0 Å². The zero-order valence-corrected chi connectivity index (χ0v) is 8.39. The molecule has 0 aliphatic heterocycles. The van der Waals surface area contributed by atoms with Gasteiger partial charge in [0, 0.05) is 11.6 Å². The van der Waals surface area contributed by atoms with Gasteiger partial charge in [0.1, 0.15) is 11.2 Å². The van der Waals surface area contributed by atoms with Gasteiger partial charge in [-0.2, -0.15) is 0 Å². The zero-order chi connectivity index (χ0) is 9.47. The largest absolute Gasteiger partial charge is 0.296 e. The average Bonchev–Trinajstić information content (AvgIpc) is 2.62. The van der Waals surface area contributed by atoms with Crippen molar-refractivity contribution in [1.29, 1.82) is 0 Å². The maximum Gasteiger partial charge on any atom is 0.260 e. The lowest BCUT2D eigenvalue weighted by Crippen LogP contribution is -2.18. The van der Waals surface area contributed by atoms with Crippen molar-refractivity contribution in [2.24, 2.45) is 0 Å². The summed E-state index contributed by atoms with van der Waals surface area (Å²) in [5.74, 6) is 0. The second-order valence-electron chi connectivity index (χ2n) is 2.37. The summed E-state index contributed by atoms with van der Waals surface area (Å²) in [6, 6.07) is 0. The topological polar surface area (TPSA) is 63.5 Å². The summed E-state index contributed by atoms with van der Waals surface area (Å²) in [6.45, 7) is 0. The molecule has 0 aliphatic rings. The molecule has 0 fully saturated rings. The molecule has 0 aromatic carbocycles. The molecule has 0 unspecified atom stereocenters. The molecule has 0 aliphatic carbocycles. The minimum Gasteiger partial charge on any atom is -0.296 e.